The Kier molecular flexibility index (Phi) is 3.69. The Balaban J connectivity index is 2.54. The highest BCUT2D eigenvalue weighted by Crippen LogP contribution is 2.42. The predicted octanol–water partition coefficient (Wildman–Crippen LogP) is 1.89. The maximum Gasteiger partial charge on any atom is 0.224 e. The van der Waals surface area contributed by atoms with Crippen molar-refractivity contribution in [3.63, 3.8) is 0 Å². The monoisotopic (exact) mass is 227 g/mol. The number of rotatable bonds is 4. The van der Waals surface area contributed by atoms with E-state index in [1.54, 1.807) is 6.92 Å². The van der Waals surface area contributed by atoms with Crippen molar-refractivity contribution in [3.8, 4) is 0 Å². The minimum Gasteiger partial charge on any atom is -0.392 e. The number of aliphatic hydroxyl groups excluding tert-OH is 1. The fraction of sp³-hybridized carbons (Fsp3) is 0.636. The molecule has 2 N–H and O–H groups in total. The van der Waals surface area contributed by atoms with E-state index in [4.69, 9.17) is 0 Å². The third-order valence-corrected chi connectivity index (χ3v) is 4.24. The Morgan fingerprint density at radius 2 is 2.20 bits per heavy atom. The Morgan fingerprint density at radius 1 is 1.67 bits per heavy atom. The number of carbonyl (C=O) groups excluding carboxylic acids is 1. The summed E-state index contributed by atoms with van der Waals surface area (Å²) in [6, 6.07) is 0. The Labute approximate surface area is 92.4 Å². The highest BCUT2D eigenvalue weighted by atomic mass is 31.1. The van der Waals surface area contributed by atoms with Crippen LogP contribution in [-0.4, -0.2) is 22.5 Å². The summed E-state index contributed by atoms with van der Waals surface area (Å²) in [4.78, 5) is 11.1. The van der Waals surface area contributed by atoms with Gasteiger partial charge in [-0.15, -0.1) is 0 Å². The number of nitrogens with one attached hydrogen (secondary N) is 1. The van der Waals surface area contributed by atoms with Crippen molar-refractivity contribution in [1.29, 1.82) is 0 Å². The van der Waals surface area contributed by atoms with Gasteiger partial charge in [-0.2, -0.15) is 0 Å². The normalized spacial score (nSPS) is 18.5. The summed E-state index contributed by atoms with van der Waals surface area (Å²) in [5.74, 6) is 0.0441. The summed E-state index contributed by atoms with van der Waals surface area (Å²) >= 11 is 0. The molecule has 0 spiro atoms. The molecule has 15 heavy (non-hydrogen) atoms. The molecule has 1 aliphatic heterocycles. The molecule has 1 atom stereocenters. The van der Waals surface area contributed by atoms with Gasteiger partial charge < -0.3 is 10.4 Å². The van der Waals surface area contributed by atoms with Gasteiger partial charge in [-0.25, -0.2) is 0 Å². The fourth-order valence-corrected chi connectivity index (χ4v) is 2.20. The molecule has 1 amide bonds. The molecule has 0 aliphatic carbocycles. The number of amides is 1. The van der Waals surface area contributed by atoms with Crippen molar-refractivity contribution in [2.24, 2.45) is 5.41 Å². The molecule has 0 saturated carbocycles. The Morgan fingerprint density at radius 3 is 2.60 bits per heavy atom. The van der Waals surface area contributed by atoms with Crippen LogP contribution >= 0.6 is 8.20 Å². The van der Waals surface area contributed by atoms with E-state index in [1.807, 2.05) is 26.8 Å². The number of carbonyl (C=O) groups is 1. The zero-order chi connectivity index (χ0) is 11.6. The summed E-state index contributed by atoms with van der Waals surface area (Å²) in [7, 11) is 1.03. The highest BCUT2D eigenvalue weighted by molar-refractivity contribution is 7.48. The fourth-order valence-electron chi connectivity index (χ4n) is 1.10. The standard InChI is InChI=1S/C11H18NO2P/c1-5-9(14)12-10-6-8(15-10)11(3,4)7(2)13/h6-7,13H,5H2,1-4H3,(H,12,14)/t7-/m0/s1. The van der Waals surface area contributed by atoms with Crippen LogP contribution in [0.25, 0.3) is 0 Å². The van der Waals surface area contributed by atoms with Gasteiger partial charge >= 0.3 is 0 Å². The predicted molar refractivity (Wildman–Crippen MR) is 63.9 cm³/mol. The van der Waals surface area contributed by atoms with Crippen molar-refractivity contribution in [1.82, 2.24) is 5.32 Å². The molecule has 0 aromatic rings. The first-order chi connectivity index (χ1) is 6.87. The molecule has 0 fully saturated rings. The van der Waals surface area contributed by atoms with Gasteiger partial charge in [0.25, 0.3) is 0 Å². The number of aliphatic hydroxyl groups is 1. The molecule has 4 heteroatoms. The van der Waals surface area contributed by atoms with Gasteiger partial charge in [0.15, 0.2) is 0 Å². The zero-order valence-electron chi connectivity index (χ0n) is 9.66. The molecule has 0 unspecified atom stereocenters. The first-order valence-corrected chi connectivity index (χ1v) is 6.06. The molecular weight excluding hydrogens is 209 g/mol. The minimum atomic E-state index is -0.375. The van der Waals surface area contributed by atoms with Gasteiger partial charge in [0.2, 0.25) is 5.91 Å². The summed E-state index contributed by atoms with van der Waals surface area (Å²) in [6.45, 7) is 7.64. The van der Waals surface area contributed by atoms with Gasteiger partial charge in [-0.05, 0) is 26.5 Å². The van der Waals surface area contributed by atoms with E-state index >= 15 is 0 Å². The topological polar surface area (TPSA) is 49.3 Å². The third kappa shape index (κ3) is 2.67. The molecule has 84 valence electrons. The second-order valence-corrected chi connectivity index (χ2v) is 5.51. The summed E-state index contributed by atoms with van der Waals surface area (Å²) in [5, 5.41) is 13.6. The van der Waals surface area contributed by atoms with Crippen molar-refractivity contribution in [2.75, 3.05) is 0 Å². The second kappa shape index (κ2) is 4.46. The minimum absolute atomic E-state index is 0.0441. The molecule has 0 aromatic heterocycles. The van der Waals surface area contributed by atoms with Crippen molar-refractivity contribution >= 4 is 19.5 Å². The van der Waals surface area contributed by atoms with Crippen LogP contribution in [0.5, 0.6) is 0 Å². The molecule has 3 nitrogen and oxygen atoms in total. The van der Waals surface area contributed by atoms with Gasteiger partial charge in [0.05, 0.1) is 11.5 Å². The van der Waals surface area contributed by atoms with Crippen LogP contribution in [0.4, 0.5) is 0 Å². The van der Waals surface area contributed by atoms with Crippen LogP contribution in [0, 0.1) is 5.41 Å². The average Bonchev–Trinajstić information content (AvgIpc) is 2.09. The largest absolute Gasteiger partial charge is 0.392 e. The van der Waals surface area contributed by atoms with Crippen molar-refractivity contribution in [2.45, 2.75) is 40.2 Å². The van der Waals surface area contributed by atoms with Crippen LogP contribution in [0.3, 0.4) is 0 Å². The van der Waals surface area contributed by atoms with Gasteiger partial charge in [-0.3, -0.25) is 4.79 Å². The van der Waals surface area contributed by atoms with E-state index in [0.717, 1.165) is 13.6 Å². The van der Waals surface area contributed by atoms with Gasteiger partial charge in [0.1, 0.15) is 0 Å². The lowest BCUT2D eigenvalue weighted by molar-refractivity contribution is -0.119. The molecule has 1 aliphatic rings. The molecular formula is C11H18NO2P. The van der Waals surface area contributed by atoms with E-state index < -0.39 is 0 Å². The smallest absolute Gasteiger partial charge is 0.224 e. The summed E-state index contributed by atoms with van der Waals surface area (Å²) < 4.78 is 0. The number of hydrogen-bond donors (Lipinski definition) is 2. The molecule has 0 aromatic carbocycles. The number of hydrogen-bond acceptors (Lipinski definition) is 2. The van der Waals surface area contributed by atoms with Crippen LogP contribution in [0.1, 0.15) is 34.1 Å². The maximum absolute atomic E-state index is 11.1. The first-order valence-electron chi connectivity index (χ1n) is 5.16. The van der Waals surface area contributed by atoms with Crippen LogP contribution in [-0.2, 0) is 4.79 Å². The van der Waals surface area contributed by atoms with Crippen LogP contribution in [0.2, 0.25) is 0 Å². The lowest BCUT2D eigenvalue weighted by Crippen LogP contribution is -2.34. The van der Waals surface area contributed by atoms with E-state index in [-0.39, 0.29) is 17.4 Å². The van der Waals surface area contributed by atoms with Gasteiger partial charge in [0, 0.05) is 11.8 Å². The Bertz CT molecular complexity index is 329. The highest BCUT2D eigenvalue weighted by Gasteiger charge is 2.31. The second-order valence-electron chi connectivity index (χ2n) is 4.33. The molecule has 1 heterocycles. The molecule has 0 radical (unpaired) electrons. The van der Waals surface area contributed by atoms with E-state index in [0.29, 0.717) is 6.42 Å². The Hall–Kier alpha value is -0.660. The van der Waals surface area contributed by atoms with Crippen LogP contribution < -0.4 is 5.32 Å². The van der Waals surface area contributed by atoms with Crippen molar-refractivity contribution in [3.05, 3.63) is 11.4 Å². The van der Waals surface area contributed by atoms with E-state index in [2.05, 4.69) is 5.32 Å². The zero-order valence-corrected chi connectivity index (χ0v) is 10.6. The quantitative estimate of drug-likeness (QED) is 0.720. The molecule has 0 bridgehead atoms. The molecule has 0 saturated heterocycles. The maximum atomic E-state index is 11.1. The van der Waals surface area contributed by atoms with Crippen molar-refractivity contribution < 1.29 is 9.90 Å². The SMILES string of the molecule is CCC(=O)NC1=PC(C(C)(C)[C@H](C)O)=C1. The average molecular weight is 227 g/mol. The van der Waals surface area contributed by atoms with E-state index in [1.165, 1.54) is 5.31 Å². The lowest BCUT2D eigenvalue weighted by atomic mass is 9.86. The third-order valence-electron chi connectivity index (χ3n) is 2.81. The summed E-state index contributed by atoms with van der Waals surface area (Å²) in [6.07, 6.45) is 2.09. The molecule has 1 rings (SSSR count). The first kappa shape index (κ1) is 12.4. The lowest BCUT2D eigenvalue weighted by Gasteiger charge is -2.33. The van der Waals surface area contributed by atoms with E-state index in [9.17, 15) is 9.90 Å². The van der Waals surface area contributed by atoms with Gasteiger partial charge in [-0.1, -0.05) is 20.8 Å². The summed E-state index contributed by atoms with van der Waals surface area (Å²) in [5.41, 5.74) is 0.729. The van der Waals surface area contributed by atoms with Crippen LogP contribution in [0.15, 0.2) is 11.4 Å².